The summed E-state index contributed by atoms with van der Waals surface area (Å²) < 4.78 is 6.28. The van der Waals surface area contributed by atoms with E-state index in [0.29, 0.717) is 19.6 Å². The standard InChI is InChI=1S/C17H24BrN3O3/c1-12-11-20(16(23)24-17(2,3)4)7-8-21(12)15(22)9-14-6-5-13(18)10-19-14/h5-6,10,12H,7-9,11H2,1-4H3/t12-/m1/s1. The molecule has 1 aliphatic heterocycles. The van der Waals surface area contributed by atoms with Gasteiger partial charge in [0.2, 0.25) is 5.91 Å². The van der Waals surface area contributed by atoms with Gasteiger partial charge in [0, 0.05) is 42.0 Å². The third-order valence-corrected chi connectivity index (χ3v) is 4.19. The van der Waals surface area contributed by atoms with Gasteiger partial charge in [-0.2, -0.15) is 0 Å². The summed E-state index contributed by atoms with van der Waals surface area (Å²) in [6.45, 7) is 8.96. The van der Waals surface area contributed by atoms with E-state index >= 15 is 0 Å². The molecule has 2 rings (SSSR count). The Balaban J connectivity index is 1.91. The number of halogens is 1. The maximum absolute atomic E-state index is 12.5. The fourth-order valence-corrected chi connectivity index (χ4v) is 2.82. The molecule has 1 aliphatic rings. The van der Waals surface area contributed by atoms with Gasteiger partial charge in [0.25, 0.3) is 0 Å². The fraction of sp³-hybridized carbons (Fsp3) is 0.588. The van der Waals surface area contributed by atoms with Gasteiger partial charge in [0.1, 0.15) is 5.60 Å². The Bertz CT molecular complexity index is 598. The highest BCUT2D eigenvalue weighted by molar-refractivity contribution is 9.10. The van der Waals surface area contributed by atoms with Crippen LogP contribution in [0.1, 0.15) is 33.4 Å². The van der Waals surface area contributed by atoms with Crippen LogP contribution in [0.15, 0.2) is 22.8 Å². The molecule has 0 radical (unpaired) electrons. The van der Waals surface area contributed by atoms with Crippen LogP contribution in [0.3, 0.4) is 0 Å². The Hall–Kier alpha value is -1.63. The highest BCUT2D eigenvalue weighted by Crippen LogP contribution is 2.16. The van der Waals surface area contributed by atoms with E-state index in [1.54, 1.807) is 11.1 Å². The molecule has 1 aromatic heterocycles. The second-order valence-electron chi connectivity index (χ2n) is 7.01. The number of carbonyl (C=O) groups is 2. The zero-order valence-corrected chi connectivity index (χ0v) is 16.2. The highest BCUT2D eigenvalue weighted by atomic mass is 79.9. The van der Waals surface area contributed by atoms with Crippen molar-refractivity contribution in [3.05, 3.63) is 28.5 Å². The van der Waals surface area contributed by atoms with Crippen molar-refractivity contribution in [2.24, 2.45) is 0 Å². The van der Waals surface area contributed by atoms with Crippen molar-refractivity contribution in [1.29, 1.82) is 0 Å². The molecule has 132 valence electrons. The third kappa shape index (κ3) is 5.19. The van der Waals surface area contributed by atoms with E-state index in [9.17, 15) is 9.59 Å². The number of hydrogen-bond donors (Lipinski definition) is 0. The summed E-state index contributed by atoms with van der Waals surface area (Å²) in [7, 11) is 0. The Labute approximate surface area is 151 Å². The predicted molar refractivity (Wildman–Crippen MR) is 94.6 cm³/mol. The maximum atomic E-state index is 12.5. The molecular weight excluding hydrogens is 374 g/mol. The minimum Gasteiger partial charge on any atom is -0.444 e. The average Bonchev–Trinajstić information content (AvgIpc) is 2.47. The zero-order chi connectivity index (χ0) is 17.9. The third-order valence-electron chi connectivity index (χ3n) is 3.72. The molecular formula is C17H24BrN3O3. The first-order valence-electron chi connectivity index (χ1n) is 8.03. The van der Waals surface area contributed by atoms with Crippen LogP contribution in [0.2, 0.25) is 0 Å². The largest absolute Gasteiger partial charge is 0.444 e. The highest BCUT2D eigenvalue weighted by Gasteiger charge is 2.31. The Morgan fingerprint density at radius 2 is 2.04 bits per heavy atom. The number of ether oxygens (including phenoxy) is 1. The van der Waals surface area contributed by atoms with Crippen LogP contribution in [0.5, 0.6) is 0 Å². The second-order valence-corrected chi connectivity index (χ2v) is 7.92. The van der Waals surface area contributed by atoms with Crippen molar-refractivity contribution < 1.29 is 14.3 Å². The molecule has 0 aliphatic carbocycles. The minimum absolute atomic E-state index is 0.0289. The zero-order valence-electron chi connectivity index (χ0n) is 14.6. The monoisotopic (exact) mass is 397 g/mol. The van der Waals surface area contributed by atoms with E-state index < -0.39 is 5.60 Å². The van der Waals surface area contributed by atoms with Crippen molar-refractivity contribution >= 4 is 27.9 Å². The predicted octanol–water partition coefficient (Wildman–Crippen LogP) is 2.85. The van der Waals surface area contributed by atoms with Crippen molar-refractivity contribution in [2.75, 3.05) is 19.6 Å². The lowest BCUT2D eigenvalue weighted by molar-refractivity contribution is -0.135. The summed E-state index contributed by atoms with van der Waals surface area (Å²) in [6.07, 6.45) is 1.63. The number of pyridine rings is 1. The molecule has 6 nitrogen and oxygen atoms in total. The van der Waals surface area contributed by atoms with Crippen molar-refractivity contribution in [3.63, 3.8) is 0 Å². The SMILES string of the molecule is C[C@@H]1CN(C(=O)OC(C)(C)C)CCN1C(=O)Cc1ccc(Br)cn1. The molecule has 1 aromatic rings. The quantitative estimate of drug-likeness (QED) is 0.769. The number of amides is 2. The van der Waals surface area contributed by atoms with Gasteiger partial charge in [-0.05, 0) is 55.8 Å². The number of carbonyl (C=O) groups excluding carboxylic acids is 2. The van der Waals surface area contributed by atoms with Crippen LogP contribution in [0.25, 0.3) is 0 Å². The number of hydrogen-bond acceptors (Lipinski definition) is 4. The lowest BCUT2D eigenvalue weighted by atomic mass is 10.1. The van der Waals surface area contributed by atoms with E-state index in [1.807, 2.05) is 44.7 Å². The molecule has 1 saturated heterocycles. The molecule has 0 saturated carbocycles. The van der Waals surface area contributed by atoms with Crippen molar-refractivity contribution in [1.82, 2.24) is 14.8 Å². The molecule has 1 atom stereocenters. The van der Waals surface area contributed by atoms with Crippen LogP contribution in [0.4, 0.5) is 4.79 Å². The second kappa shape index (κ2) is 7.51. The number of rotatable bonds is 2. The minimum atomic E-state index is -0.513. The van der Waals surface area contributed by atoms with Crippen LogP contribution in [-0.4, -0.2) is 58.1 Å². The van der Waals surface area contributed by atoms with E-state index in [2.05, 4.69) is 20.9 Å². The van der Waals surface area contributed by atoms with E-state index in [-0.39, 0.29) is 24.5 Å². The van der Waals surface area contributed by atoms with Crippen LogP contribution >= 0.6 is 15.9 Å². The molecule has 0 bridgehead atoms. The normalized spacial score (nSPS) is 18.5. The Kier molecular flexibility index (Phi) is 5.85. The van der Waals surface area contributed by atoms with E-state index in [4.69, 9.17) is 4.74 Å². The molecule has 1 fully saturated rings. The number of nitrogens with zero attached hydrogens (tertiary/aromatic N) is 3. The molecule has 0 aromatic carbocycles. The van der Waals surface area contributed by atoms with E-state index in [0.717, 1.165) is 10.2 Å². The molecule has 7 heteroatoms. The average molecular weight is 398 g/mol. The fourth-order valence-electron chi connectivity index (χ4n) is 2.59. The lowest BCUT2D eigenvalue weighted by Crippen LogP contribution is -2.56. The maximum Gasteiger partial charge on any atom is 0.410 e. The molecule has 0 N–H and O–H groups in total. The molecule has 2 heterocycles. The van der Waals surface area contributed by atoms with Gasteiger partial charge in [-0.25, -0.2) is 4.79 Å². The first kappa shape index (κ1) is 18.7. The van der Waals surface area contributed by atoms with Gasteiger partial charge >= 0.3 is 6.09 Å². The number of piperazine rings is 1. The van der Waals surface area contributed by atoms with Gasteiger partial charge < -0.3 is 14.5 Å². The van der Waals surface area contributed by atoms with Crippen LogP contribution in [-0.2, 0) is 16.0 Å². The first-order chi connectivity index (χ1) is 11.2. The summed E-state index contributed by atoms with van der Waals surface area (Å²) in [5.41, 5.74) is 0.227. The summed E-state index contributed by atoms with van der Waals surface area (Å²) in [6, 6.07) is 3.66. The van der Waals surface area contributed by atoms with Gasteiger partial charge in [0.15, 0.2) is 0 Å². The summed E-state index contributed by atoms with van der Waals surface area (Å²) in [4.78, 5) is 32.4. The van der Waals surface area contributed by atoms with Crippen LogP contribution < -0.4 is 0 Å². The van der Waals surface area contributed by atoms with Crippen molar-refractivity contribution in [3.8, 4) is 0 Å². The summed E-state index contributed by atoms with van der Waals surface area (Å²) in [5, 5.41) is 0. The molecule has 0 unspecified atom stereocenters. The topological polar surface area (TPSA) is 62.7 Å². The number of aromatic nitrogens is 1. The lowest BCUT2D eigenvalue weighted by Gasteiger charge is -2.40. The Morgan fingerprint density at radius 1 is 1.33 bits per heavy atom. The van der Waals surface area contributed by atoms with Gasteiger partial charge in [-0.3, -0.25) is 9.78 Å². The van der Waals surface area contributed by atoms with Crippen LogP contribution in [0, 0.1) is 0 Å². The molecule has 0 spiro atoms. The van der Waals surface area contributed by atoms with Gasteiger partial charge in [0.05, 0.1) is 6.42 Å². The summed E-state index contributed by atoms with van der Waals surface area (Å²) in [5.74, 6) is 0.0289. The Morgan fingerprint density at radius 3 is 2.58 bits per heavy atom. The van der Waals surface area contributed by atoms with E-state index in [1.165, 1.54) is 0 Å². The summed E-state index contributed by atoms with van der Waals surface area (Å²) >= 11 is 3.33. The smallest absolute Gasteiger partial charge is 0.410 e. The van der Waals surface area contributed by atoms with Crippen molar-refractivity contribution in [2.45, 2.75) is 45.8 Å². The first-order valence-corrected chi connectivity index (χ1v) is 8.83. The van der Waals surface area contributed by atoms with Gasteiger partial charge in [-0.15, -0.1) is 0 Å². The molecule has 24 heavy (non-hydrogen) atoms. The van der Waals surface area contributed by atoms with Gasteiger partial charge in [-0.1, -0.05) is 0 Å². The molecule has 2 amide bonds.